The molecule has 0 aliphatic carbocycles. The van der Waals surface area contributed by atoms with Gasteiger partial charge in [0.1, 0.15) is 5.15 Å². The Labute approximate surface area is 76.2 Å². The largest absolute Gasteiger partial charge is 0.420 e. The van der Waals surface area contributed by atoms with Crippen molar-refractivity contribution in [2.45, 2.75) is 12.3 Å². The van der Waals surface area contributed by atoms with Crippen LogP contribution < -0.4 is 0 Å². The molecule has 1 aromatic rings. The Kier molecular flexibility index (Phi) is 2.72. The molecule has 1 aromatic heterocycles. The number of nitrogens with zero attached hydrogens (tertiary/aromatic N) is 2. The van der Waals surface area contributed by atoms with Crippen molar-refractivity contribution in [1.82, 2.24) is 9.97 Å². The van der Waals surface area contributed by atoms with Gasteiger partial charge in [-0.05, 0) is 0 Å². The number of aliphatic hydroxyl groups is 1. The van der Waals surface area contributed by atoms with Gasteiger partial charge in [0.2, 0.25) is 0 Å². The molecule has 0 aliphatic heterocycles. The zero-order chi connectivity index (χ0) is 10.1. The molecule has 1 heterocycles. The van der Waals surface area contributed by atoms with Crippen molar-refractivity contribution in [2.75, 3.05) is 0 Å². The summed E-state index contributed by atoms with van der Waals surface area (Å²) in [7, 11) is 0. The molecule has 0 spiro atoms. The summed E-state index contributed by atoms with van der Waals surface area (Å²) in [5.41, 5.74) is -0.572. The summed E-state index contributed by atoms with van der Waals surface area (Å²) in [6, 6.07) is 0. The lowest BCUT2D eigenvalue weighted by Gasteiger charge is -2.12. The van der Waals surface area contributed by atoms with Crippen LogP contribution in [0, 0.1) is 0 Å². The van der Waals surface area contributed by atoms with Gasteiger partial charge >= 0.3 is 6.18 Å². The second-order valence-electron chi connectivity index (χ2n) is 2.21. The van der Waals surface area contributed by atoms with E-state index in [4.69, 9.17) is 16.7 Å². The number of aromatic nitrogens is 2. The highest BCUT2D eigenvalue weighted by molar-refractivity contribution is 6.29. The average Bonchev–Trinajstić information content (AvgIpc) is 2.03. The van der Waals surface area contributed by atoms with Gasteiger partial charge in [-0.15, -0.1) is 0 Å². The van der Waals surface area contributed by atoms with E-state index < -0.39 is 18.0 Å². The minimum Gasteiger partial charge on any atom is -0.378 e. The van der Waals surface area contributed by atoms with E-state index in [1.165, 1.54) is 0 Å². The number of hydrogen-bond acceptors (Lipinski definition) is 3. The van der Waals surface area contributed by atoms with Crippen LogP contribution in [0.3, 0.4) is 0 Å². The molecule has 72 valence electrons. The molecule has 0 aromatic carbocycles. The maximum atomic E-state index is 11.9. The summed E-state index contributed by atoms with van der Waals surface area (Å²) in [4.78, 5) is 6.64. The Morgan fingerprint density at radius 1 is 1.31 bits per heavy atom. The molecule has 7 heteroatoms. The van der Waals surface area contributed by atoms with Crippen molar-refractivity contribution in [1.29, 1.82) is 0 Å². The van der Waals surface area contributed by atoms with E-state index >= 15 is 0 Å². The summed E-state index contributed by atoms with van der Waals surface area (Å²) >= 11 is 5.29. The van der Waals surface area contributed by atoms with Crippen molar-refractivity contribution in [3.63, 3.8) is 0 Å². The third kappa shape index (κ3) is 2.53. The fourth-order valence-electron chi connectivity index (χ4n) is 0.631. The minimum atomic E-state index is -4.73. The molecular formula is C6H4ClF3N2O. The number of hydrogen-bond donors (Lipinski definition) is 1. The zero-order valence-corrected chi connectivity index (χ0v) is 6.84. The van der Waals surface area contributed by atoms with Gasteiger partial charge in [-0.2, -0.15) is 13.2 Å². The molecule has 0 amide bonds. The molecule has 0 fully saturated rings. The Bertz CT molecular complexity index is 287. The fraction of sp³-hybridized carbons (Fsp3) is 0.333. The number of aliphatic hydroxyl groups excluding tert-OH is 1. The normalized spacial score (nSPS) is 14.2. The van der Waals surface area contributed by atoms with Crippen LogP contribution in [0.15, 0.2) is 12.4 Å². The van der Waals surface area contributed by atoms with Crippen molar-refractivity contribution in [3.8, 4) is 0 Å². The lowest BCUT2D eigenvalue weighted by molar-refractivity contribution is -0.208. The Balaban J connectivity index is 2.90. The molecule has 0 saturated carbocycles. The molecule has 0 unspecified atom stereocenters. The SMILES string of the molecule is O[C@@H](c1cnc(Cl)cn1)C(F)(F)F. The monoisotopic (exact) mass is 212 g/mol. The summed E-state index contributed by atoms with van der Waals surface area (Å²) in [5.74, 6) is 0. The molecule has 13 heavy (non-hydrogen) atoms. The van der Waals surface area contributed by atoms with Gasteiger partial charge in [0.05, 0.1) is 18.1 Å². The predicted molar refractivity (Wildman–Crippen MR) is 38.1 cm³/mol. The summed E-state index contributed by atoms with van der Waals surface area (Å²) in [6.07, 6.45) is -5.63. The summed E-state index contributed by atoms with van der Waals surface area (Å²) < 4.78 is 35.7. The number of rotatable bonds is 1. The molecule has 0 aliphatic rings. The van der Waals surface area contributed by atoms with E-state index in [1.54, 1.807) is 0 Å². The molecule has 0 radical (unpaired) electrons. The van der Waals surface area contributed by atoms with Crippen molar-refractivity contribution < 1.29 is 18.3 Å². The van der Waals surface area contributed by atoms with Crippen LogP contribution in [-0.4, -0.2) is 21.3 Å². The smallest absolute Gasteiger partial charge is 0.378 e. The third-order valence-corrected chi connectivity index (χ3v) is 1.43. The first-order valence-electron chi connectivity index (χ1n) is 3.13. The molecule has 0 bridgehead atoms. The van der Waals surface area contributed by atoms with E-state index in [-0.39, 0.29) is 5.15 Å². The quantitative estimate of drug-likeness (QED) is 0.771. The van der Waals surface area contributed by atoms with Gasteiger partial charge in [-0.25, -0.2) is 4.98 Å². The topological polar surface area (TPSA) is 46.0 Å². The van der Waals surface area contributed by atoms with Crippen LogP contribution >= 0.6 is 11.6 Å². The van der Waals surface area contributed by atoms with Gasteiger partial charge in [-0.3, -0.25) is 4.98 Å². The van der Waals surface area contributed by atoms with Crippen molar-refractivity contribution >= 4 is 11.6 Å². The van der Waals surface area contributed by atoms with Crippen molar-refractivity contribution in [3.05, 3.63) is 23.2 Å². The van der Waals surface area contributed by atoms with E-state index in [0.29, 0.717) is 0 Å². The number of halogens is 4. The van der Waals surface area contributed by atoms with Crippen LogP contribution in [0.2, 0.25) is 5.15 Å². The Morgan fingerprint density at radius 3 is 2.31 bits per heavy atom. The summed E-state index contributed by atoms with van der Waals surface area (Å²) in [6.45, 7) is 0. The van der Waals surface area contributed by atoms with Crippen LogP contribution in [0.5, 0.6) is 0 Å². The van der Waals surface area contributed by atoms with Gasteiger partial charge in [-0.1, -0.05) is 11.6 Å². The Hall–Kier alpha value is -0.880. The van der Waals surface area contributed by atoms with Crippen LogP contribution in [0.4, 0.5) is 13.2 Å². The van der Waals surface area contributed by atoms with Crippen LogP contribution in [-0.2, 0) is 0 Å². The van der Waals surface area contributed by atoms with Crippen LogP contribution in [0.25, 0.3) is 0 Å². The van der Waals surface area contributed by atoms with Gasteiger partial charge in [0.25, 0.3) is 0 Å². The summed E-state index contributed by atoms with van der Waals surface area (Å²) in [5, 5.41) is 8.65. The first-order valence-corrected chi connectivity index (χ1v) is 3.51. The van der Waals surface area contributed by atoms with Gasteiger partial charge < -0.3 is 5.11 Å². The average molecular weight is 213 g/mol. The van der Waals surface area contributed by atoms with E-state index in [2.05, 4.69) is 9.97 Å². The van der Waals surface area contributed by atoms with Gasteiger partial charge in [0, 0.05) is 0 Å². The lowest BCUT2D eigenvalue weighted by atomic mass is 10.2. The molecule has 1 rings (SSSR count). The standard InChI is InChI=1S/C6H4ClF3N2O/c7-4-2-11-3(1-12-4)5(13)6(8,9)10/h1-2,5,13H/t5-/m0/s1. The van der Waals surface area contributed by atoms with E-state index in [1.807, 2.05) is 0 Å². The second kappa shape index (κ2) is 3.47. The first kappa shape index (κ1) is 10.2. The van der Waals surface area contributed by atoms with E-state index in [9.17, 15) is 13.2 Å². The molecule has 3 nitrogen and oxygen atoms in total. The highest BCUT2D eigenvalue weighted by Crippen LogP contribution is 2.30. The second-order valence-corrected chi connectivity index (χ2v) is 2.60. The van der Waals surface area contributed by atoms with Gasteiger partial charge in [0.15, 0.2) is 6.10 Å². The maximum absolute atomic E-state index is 11.9. The highest BCUT2D eigenvalue weighted by Gasteiger charge is 2.40. The van der Waals surface area contributed by atoms with Crippen LogP contribution in [0.1, 0.15) is 11.8 Å². The molecular weight excluding hydrogens is 209 g/mol. The number of alkyl halides is 3. The molecule has 1 atom stereocenters. The Morgan fingerprint density at radius 2 is 1.92 bits per heavy atom. The maximum Gasteiger partial charge on any atom is 0.420 e. The zero-order valence-electron chi connectivity index (χ0n) is 6.09. The first-order chi connectivity index (χ1) is 5.91. The fourth-order valence-corrected chi connectivity index (χ4v) is 0.729. The lowest BCUT2D eigenvalue weighted by Crippen LogP contribution is -2.21. The molecule has 0 saturated heterocycles. The third-order valence-electron chi connectivity index (χ3n) is 1.23. The minimum absolute atomic E-state index is 0.0295. The van der Waals surface area contributed by atoms with E-state index in [0.717, 1.165) is 12.4 Å². The highest BCUT2D eigenvalue weighted by atomic mass is 35.5. The van der Waals surface area contributed by atoms with Crippen molar-refractivity contribution in [2.24, 2.45) is 0 Å². The predicted octanol–water partition coefficient (Wildman–Crippen LogP) is 1.73. The molecule has 1 N–H and O–H groups in total.